The monoisotopic (exact) mass is 341 g/mol. The van der Waals surface area contributed by atoms with E-state index in [4.69, 9.17) is 5.73 Å². The van der Waals surface area contributed by atoms with Gasteiger partial charge in [-0.05, 0) is 54.6 Å². The molecular weight excluding hydrogens is 322 g/mol. The highest BCUT2D eigenvalue weighted by molar-refractivity contribution is 9.10. The average molecular weight is 342 g/mol. The lowest BCUT2D eigenvalue weighted by molar-refractivity contribution is -0.385. The summed E-state index contributed by atoms with van der Waals surface area (Å²) in [6.07, 6.45) is 2.14. The van der Waals surface area contributed by atoms with E-state index in [1.807, 2.05) is 6.07 Å². The first-order chi connectivity index (χ1) is 9.40. The maximum Gasteiger partial charge on any atom is 0.273 e. The van der Waals surface area contributed by atoms with Gasteiger partial charge in [0.25, 0.3) is 5.69 Å². The van der Waals surface area contributed by atoms with E-state index in [1.165, 1.54) is 0 Å². The van der Waals surface area contributed by atoms with Crippen molar-refractivity contribution in [1.29, 1.82) is 0 Å². The fraction of sp³-hybridized carbons (Fsp3) is 0.571. The van der Waals surface area contributed by atoms with E-state index in [2.05, 4.69) is 27.8 Å². The predicted molar refractivity (Wildman–Crippen MR) is 84.1 cm³/mol. The van der Waals surface area contributed by atoms with Crippen molar-refractivity contribution in [3.63, 3.8) is 0 Å². The molecule has 0 amide bonds. The molecule has 0 aromatic heterocycles. The normalized spacial score (nSPS) is 18.1. The quantitative estimate of drug-likeness (QED) is 0.676. The highest BCUT2D eigenvalue weighted by Gasteiger charge is 2.24. The zero-order valence-electron chi connectivity index (χ0n) is 11.8. The van der Waals surface area contributed by atoms with Gasteiger partial charge in [0.05, 0.1) is 10.6 Å². The Kier molecular flexibility index (Phi) is 4.65. The minimum Gasteiger partial charge on any atom is -0.371 e. The van der Waals surface area contributed by atoms with Gasteiger partial charge in [-0.1, -0.05) is 0 Å². The predicted octanol–water partition coefficient (Wildman–Crippen LogP) is 3.23. The van der Waals surface area contributed by atoms with Gasteiger partial charge < -0.3 is 10.6 Å². The van der Waals surface area contributed by atoms with Crippen molar-refractivity contribution in [3.8, 4) is 0 Å². The molecule has 0 aliphatic carbocycles. The summed E-state index contributed by atoms with van der Waals surface area (Å²) in [5, 5.41) is 10.9. The third kappa shape index (κ3) is 3.12. The molecule has 1 aliphatic heterocycles. The minimum absolute atomic E-state index is 0.158. The van der Waals surface area contributed by atoms with Gasteiger partial charge in [-0.25, -0.2) is 0 Å². The summed E-state index contributed by atoms with van der Waals surface area (Å²) < 4.78 is 0.786. The Morgan fingerprint density at radius 3 is 2.55 bits per heavy atom. The number of nitro benzene ring substituents is 1. The van der Waals surface area contributed by atoms with E-state index in [9.17, 15) is 10.1 Å². The second kappa shape index (κ2) is 6.10. The van der Waals surface area contributed by atoms with Crippen molar-refractivity contribution in [3.05, 3.63) is 32.3 Å². The number of nitrogens with two attached hydrogens (primary N) is 1. The second-order valence-corrected chi connectivity index (χ2v) is 6.39. The summed E-state index contributed by atoms with van der Waals surface area (Å²) in [6, 6.07) is 3.73. The molecule has 0 radical (unpaired) electrons. The van der Waals surface area contributed by atoms with Crippen molar-refractivity contribution in [2.24, 2.45) is 11.7 Å². The molecule has 1 aromatic rings. The van der Waals surface area contributed by atoms with Gasteiger partial charge in [-0.2, -0.15) is 0 Å². The van der Waals surface area contributed by atoms with E-state index >= 15 is 0 Å². The van der Waals surface area contributed by atoms with Crippen LogP contribution < -0.4 is 10.6 Å². The number of hydrogen-bond donors (Lipinski definition) is 1. The van der Waals surface area contributed by atoms with Crippen LogP contribution in [0.25, 0.3) is 0 Å². The van der Waals surface area contributed by atoms with Crippen LogP contribution in [0.1, 0.15) is 25.3 Å². The number of halogens is 1. The molecule has 5 nitrogen and oxygen atoms in total. The average Bonchev–Trinajstić information content (AvgIpc) is 2.40. The topological polar surface area (TPSA) is 72.4 Å². The highest BCUT2D eigenvalue weighted by Crippen LogP contribution is 2.35. The molecule has 1 aliphatic rings. The molecule has 2 N–H and O–H groups in total. The van der Waals surface area contributed by atoms with Gasteiger partial charge in [0, 0.05) is 35.2 Å². The Hall–Kier alpha value is -1.14. The van der Waals surface area contributed by atoms with Gasteiger partial charge in [-0.15, -0.1) is 0 Å². The number of nitro groups is 1. The van der Waals surface area contributed by atoms with Crippen LogP contribution >= 0.6 is 15.9 Å². The van der Waals surface area contributed by atoms with Crippen LogP contribution in [0.4, 0.5) is 11.4 Å². The third-order valence-electron chi connectivity index (χ3n) is 4.09. The zero-order valence-corrected chi connectivity index (χ0v) is 13.4. The second-order valence-electron chi connectivity index (χ2n) is 5.53. The molecule has 1 saturated heterocycles. The van der Waals surface area contributed by atoms with Gasteiger partial charge >= 0.3 is 0 Å². The molecule has 0 spiro atoms. The molecular formula is C14H20BrN3O2. The van der Waals surface area contributed by atoms with E-state index in [1.54, 1.807) is 13.0 Å². The number of rotatable bonds is 3. The summed E-state index contributed by atoms with van der Waals surface area (Å²) in [7, 11) is 0. The maximum atomic E-state index is 10.9. The standard InChI is InChI=1S/C14H20BrN3O2/c1-9-7-14(12(15)8-13(9)18(19)20)17-5-3-11(4-6-17)10(2)16/h7-8,10-11H,3-6,16H2,1-2H3. The molecule has 0 bridgehead atoms. The van der Waals surface area contributed by atoms with Crippen LogP contribution in [0.2, 0.25) is 0 Å². The molecule has 1 heterocycles. The maximum absolute atomic E-state index is 10.9. The molecule has 110 valence electrons. The van der Waals surface area contributed by atoms with Gasteiger partial charge in [0.1, 0.15) is 0 Å². The number of piperidine rings is 1. The summed E-state index contributed by atoms with van der Waals surface area (Å²) in [6.45, 7) is 5.74. The fourth-order valence-electron chi connectivity index (χ4n) is 2.76. The van der Waals surface area contributed by atoms with E-state index < -0.39 is 0 Å². The number of aryl methyl sites for hydroxylation is 1. The molecule has 1 fully saturated rings. The minimum atomic E-state index is -0.341. The van der Waals surface area contributed by atoms with Crippen molar-refractivity contribution in [2.45, 2.75) is 32.7 Å². The Labute approximate surface area is 127 Å². The first-order valence-electron chi connectivity index (χ1n) is 6.85. The zero-order chi connectivity index (χ0) is 14.9. The largest absolute Gasteiger partial charge is 0.371 e. The number of benzene rings is 1. The summed E-state index contributed by atoms with van der Waals surface area (Å²) in [5.74, 6) is 0.573. The smallest absolute Gasteiger partial charge is 0.273 e. The summed E-state index contributed by atoms with van der Waals surface area (Å²) >= 11 is 3.46. The molecule has 1 atom stereocenters. The molecule has 20 heavy (non-hydrogen) atoms. The van der Waals surface area contributed by atoms with Gasteiger partial charge in [0.2, 0.25) is 0 Å². The Balaban J connectivity index is 2.18. The van der Waals surface area contributed by atoms with E-state index in [0.717, 1.165) is 36.1 Å². The molecule has 2 rings (SSSR count). The lowest BCUT2D eigenvalue weighted by Gasteiger charge is -2.35. The van der Waals surface area contributed by atoms with Crippen LogP contribution in [-0.2, 0) is 0 Å². The first kappa shape index (κ1) is 15.3. The number of nitrogens with zero attached hydrogens (tertiary/aromatic N) is 2. The fourth-order valence-corrected chi connectivity index (χ4v) is 3.34. The Bertz CT molecular complexity index is 511. The molecule has 6 heteroatoms. The van der Waals surface area contributed by atoms with Crippen LogP contribution in [0.15, 0.2) is 16.6 Å². The Morgan fingerprint density at radius 2 is 2.05 bits per heavy atom. The molecule has 1 unspecified atom stereocenters. The van der Waals surface area contributed by atoms with Crippen LogP contribution in [0, 0.1) is 23.0 Å². The molecule has 0 saturated carbocycles. The van der Waals surface area contributed by atoms with E-state index in [0.29, 0.717) is 11.5 Å². The van der Waals surface area contributed by atoms with Crippen molar-refractivity contribution in [2.75, 3.05) is 18.0 Å². The Morgan fingerprint density at radius 1 is 1.45 bits per heavy atom. The van der Waals surface area contributed by atoms with Crippen LogP contribution in [0.5, 0.6) is 0 Å². The summed E-state index contributed by atoms with van der Waals surface area (Å²) in [5.41, 5.74) is 7.85. The van der Waals surface area contributed by atoms with Crippen LogP contribution in [-0.4, -0.2) is 24.1 Å². The van der Waals surface area contributed by atoms with Crippen LogP contribution in [0.3, 0.4) is 0 Å². The van der Waals surface area contributed by atoms with Crippen molar-refractivity contribution < 1.29 is 4.92 Å². The summed E-state index contributed by atoms with van der Waals surface area (Å²) in [4.78, 5) is 12.9. The number of hydrogen-bond acceptors (Lipinski definition) is 4. The first-order valence-corrected chi connectivity index (χ1v) is 7.64. The number of anilines is 1. The molecule has 1 aromatic carbocycles. The lowest BCUT2D eigenvalue weighted by atomic mass is 9.90. The van der Waals surface area contributed by atoms with E-state index in [-0.39, 0.29) is 16.7 Å². The van der Waals surface area contributed by atoms with Gasteiger partial charge in [-0.3, -0.25) is 10.1 Å². The highest BCUT2D eigenvalue weighted by atomic mass is 79.9. The SMILES string of the molecule is Cc1cc(N2CCC(C(C)N)CC2)c(Br)cc1[N+](=O)[O-]. The lowest BCUT2D eigenvalue weighted by Crippen LogP contribution is -2.39. The van der Waals surface area contributed by atoms with Crippen molar-refractivity contribution >= 4 is 27.3 Å². The third-order valence-corrected chi connectivity index (χ3v) is 4.72. The van der Waals surface area contributed by atoms with Crippen molar-refractivity contribution in [1.82, 2.24) is 0 Å². The van der Waals surface area contributed by atoms with Gasteiger partial charge in [0.15, 0.2) is 0 Å².